The van der Waals surface area contributed by atoms with Gasteiger partial charge in [0.15, 0.2) is 6.61 Å². The fourth-order valence-electron chi connectivity index (χ4n) is 1.99. The molecule has 0 unspecified atom stereocenters. The Hall–Kier alpha value is -2.18. The molecule has 0 bridgehead atoms. The monoisotopic (exact) mass is 333 g/mol. The number of halogens is 1. The number of hydrogen-bond donors (Lipinski definition) is 1. The fourth-order valence-corrected chi connectivity index (χ4v) is 2.72. The Morgan fingerprint density at radius 3 is 2.91 bits per heavy atom. The van der Waals surface area contributed by atoms with E-state index in [0.717, 1.165) is 22.8 Å². The molecule has 3 aromatic rings. The third-order valence-corrected chi connectivity index (χ3v) is 3.95. The van der Waals surface area contributed by atoms with Gasteiger partial charge in [-0.1, -0.05) is 29.8 Å². The van der Waals surface area contributed by atoms with E-state index in [0.29, 0.717) is 22.0 Å². The minimum atomic E-state index is -0.275. The molecule has 0 saturated heterocycles. The molecule has 0 aliphatic heterocycles. The number of nitrogens with one attached hydrogen (secondary N) is 1. The minimum Gasteiger partial charge on any atom is -0.482 e. The number of ether oxygens (including phenoxy) is 1. The van der Waals surface area contributed by atoms with Crippen LogP contribution >= 0.6 is 23.3 Å². The number of amides is 1. The summed E-state index contributed by atoms with van der Waals surface area (Å²) in [5, 5.41) is 3.30. The summed E-state index contributed by atoms with van der Waals surface area (Å²) in [5.74, 6) is 0.202. The number of rotatable bonds is 4. The molecule has 0 spiro atoms. The van der Waals surface area contributed by atoms with Crippen LogP contribution in [0.5, 0.6) is 5.75 Å². The van der Waals surface area contributed by atoms with Gasteiger partial charge in [-0.25, -0.2) is 0 Å². The number of nitrogens with zero attached hydrogens (tertiary/aromatic N) is 2. The lowest BCUT2D eigenvalue weighted by Gasteiger charge is -2.10. The van der Waals surface area contributed by atoms with Crippen molar-refractivity contribution in [2.24, 2.45) is 0 Å². The van der Waals surface area contributed by atoms with Crippen LogP contribution in [0.25, 0.3) is 11.0 Å². The largest absolute Gasteiger partial charge is 0.482 e. The summed E-state index contributed by atoms with van der Waals surface area (Å²) in [5.41, 5.74) is 3.04. The first-order chi connectivity index (χ1) is 10.6. The normalized spacial score (nSPS) is 10.6. The molecular formula is C15H12ClN3O2S. The molecular weight excluding hydrogens is 322 g/mol. The number of fused-ring (bicyclic) bond motifs is 1. The molecule has 112 valence electrons. The number of aromatic nitrogens is 2. The molecule has 1 heterocycles. The van der Waals surface area contributed by atoms with Gasteiger partial charge in [0.25, 0.3) is 5.91 Å². The molecule has 5 nitrogen and oxygen atoms in total. The first kappa shape index (κ1) is 14.7. The van der Waals surface area contributed by atoms with Crippen LogP contribution in [0.4, 0.5) is 5.69 Å². The van der Waals surface area contributed by atoms with E-state index in [1.54, 1.807) is 24.3 Å². The van der Waals surface area contributed by atoms with Gasteiger partial charge in [-0.15, -0.1) is 0 Å². The van der Waals surface area contributed by atoms with Crippen molar-refractivity contribution < 1.29 is 9.53 Å². The lowest BCUT2D eigenvalue weighted by atomic mass is 10.1. The van der Waals surface area contributed by atoms with E-state index in [1.807, 2.05) is 19.1 Å². The smallest absolute Gasteiger partial charge is 0.262 e. The van der Waals surface area contributed by atoms with Gasteiger partial charge in [-0.05, 0) is 30.7 Å². The molecule has 3 rings (SSSR count). The quantitative estimate of drug-likeness (QED) is 0.791. The van der Waals surface area contributed by atoms with Crippen molar-refractivity contribution in [3.05, 3.63) is 47.0 Å². The number of anilines is 1. The van der Waals surface area contributed by atoms with E-state index < -0.39 is 0 Å². The van der Waals surface area contributed by atoms with Crippen molar-refractivity contribution in [2.75, 3.05) is 11.9 Å². The number of para-hydroxylation sites is 1. The van der Waals surface area contributed by atoms with Gasteiger partial charge in [0.2, 0.25) is 0 Å². The van der Waals surface area contributed by atoms with E-state index >= 15 is 0 Å². The molecule has 0 saturated carbocycles. The van der Waals surface area contributed by atoms with Crippen LogP contribution in [0.15, 0.2) is 36.4 Å². The van der Waals surface area contributed by atoms with Gasteiger partial charge in [-0.3, -0.25) is 4.79 Å². The van der Waals surface area contributed by atoms with Gasteiger partial charge in [0.1, 0.15) is 16.8 Å². The molecule has 0 aliphatic rings. The van der Waals surface area contributed by atoms with Crippen LogP contribution in [0.1, 0.15) is 5.56 Å². The van der Waals surface area contributed by atoms with Crippen molar-refractivity contribution in [3.63, 3.8) is 0 Å². The molecule has 1 N–H and O–H groups in total. The SMILES string of the molecule is Cc1ccc2nsnc2c1NC(=O)COc1ccccc1Cl. The molecule has 7 heteroatoms. The van der Waals surface area contributed by atoms with Crippen LogP contribution in [0.3, 0.4) is 0 Å². The predicted octanol–water partition coefficient (Wildman–Crippen LogP) is 3.67. The zero-order chi connectivity index (χ0) is 15.5. The molecule has 2 aromatic carbocycles. The number of aryl methyl sites for hydroxylation is 1. The lowest BCUT2D eigenvalue weighted by molar-refractivity contribution is -0.118. The van der Waals surface area contributed by atoms with Crippen LogP contribution in [0.2, 0.25) is 5.02 Å². The van der Waals surface area contributed by atoms with Crippen molar-refractivity contribution >= 4 is 46.0 Å². The molecule has 0 fully saturated rings. The molecule has 0 radical (unpaired) electrons. The number of carbonyl (C=O) groups is 1. The summed E-state index contributed by atoms with van der Waals surface area (Å²) in [6.07, 6.45) is 0. The minimum absolute atomic E-state index is 0.128. The van der Waals surface area contributed by atoms with Gasteiger partial charge in [0, 0.05) is 0 Å². The van der Waals surface area contributed by atoms with Crippen LogP contribution < -0.4 is 10.1 Å². The average Bonchev–Trinajstić information content (AvgIpc) is 2.98. The summed E-state index contributed by atoms with van der Waals surface area (Å²) in [6.45, 7) is 1.78. The van der Waals surface area contributed by atoms with E-state index in [2.05, 4.69) is 14.1 Å². The highest BCUT2D eigenvalue weighted by Gasteiger charge is 2.12. The second-order valence-electron chi connectivity index (χ2n) is 4.66. The van der Waals surface area contributed by atoms with Gasteiger partial charge < -0.3 is 10.1 Å². The van der Waals surface area contributed by atoms with Gasteiger partial charge in [0.05, 0.1) is 22.4 Å². The number of hydrogen-bond acceptors (Lipinski definition) is 5. The van der Waals surface area contributed by atoms with Crippen molar-refractivity contribution in [3.8, 4) is 5.75 Å². The molecule has 1 aromatic heterocycles. The maximum absolute atomic E-state index is 12.1. The summed E-state index contributed by atoms with van der Waals surface area (Å²) >= 11 is 7.10. The van der Waals surface area contributed by atoms with Gasteiger partial charge in [-0.2, -0.15) is 8.75 Å². The Labute approximate surface area is 136 Å². The zero-order valence-corrected chi connectivity index (χ0v) is 13.2. The third kappa shape index (κ3) is 3.03. The number of carbonyl (C=O) groups excluding carboxylic acids is 1. The summed E-state index contributed by atoms with van der Waals surface area (Å²) in [4.78, 5) is 12.1. The molecule has 0 aliphatic carbocycles. The van der Waals surface area contributed by atoms with Gasteiger partial charge >= 0.3 is 0 Å². The van der Waals surface area contributed by atoms with E-state index in [1.165, 1.54) is 0 Å². The van der Waals surface area contributed by atoms with Crippen molar-refractivity contribution in [1.82, 2.24) is 8.75 Å². The zero-order valence-electron chi connectivity index (χ0n) is 11.7. The first-order valence-electron chi connectivity index (χ1n) is 6.54. The Balaban J connectivity index is 1.72. The number of benzene rings is 2. The Morgan fingerprint density at radius 1 is 1.27 bits per heavy atom. The topological polar surface area (TPSA) is 64.1 Å². The highest BCUT2D eigenvalue weighted by molar-refractivity contribution is 7.00. The average molecular weight is 334 g/mol. The van der Waals surface area contributed by atoms with Crippen LogP contribution in [-0.2, 0) is 4.79 Å². The van der Waals surface area contributed by atoms with Crippen molar-refractivity contribution in [2.45, 2.75) is 6.92 Å². The molecule has 22 heavy (non-hydrogen) atoms. The van der Waals surface area contributed by atoms with Crippen LogP contribution in [-0.4, -0.2) is 21.3 Å². The van der Waals surface area contributed by atoms with Crippen molar-refractivity contribution in [1.29, 1.82) is 0 Å². The second kappa shape index (κ2) is 6.29. The molecule has 0 atom stereocenters. The maximum atomic E-state index is 12.1. The fraction of sp³-hybridized carbons (Fsp3) is 0.133. The third-order valence-electron chi connectivity index (χ3n) is 3.10. The van der Waals surface area contributed by atoms with E-state index in [4.69, 9.17) is 16.3 Å². The standard InChI is InChI=1S/C15H12ClN3O2S/c1-9-6-7-11-15(19-22-18-11)14(9)17-13(20)8-21-12-5-3-2-4-10(12)16/h2-7H,8H2,1H3,(H,17,20). The Bertz CT molecular complexity index is 835. The highest BCUT2D eigenvalue weighted by atomic mass is 35.5. The Kier molecular flexibility index (Phi) is 4.22. The molecule has 1 amide bonds. The maximum Gasteiger partial charge on any atom is 0.262 e. The lowest BCUT2D eigenvalue weighted by Crippen LogP contribution is -2.21. The first-order valence-corrected chi connectivity index (χ1v) is 7.65. The highest BCUT2D eigenvalue weighted by Crippen LogP contribution is 2.26. The Morgan fingerprint density at radius 2 is 2.09 bits per heavy atom. The predicted molar refractivity (Wildman–Crippen MR) is 87.7 cm³/mol. The summed E-state index contributed by atoms with van der Waals surface area (Å²) in [6, 6.07) is 10.8. The van der Waals surface area contributed by atoms with E-state index in [9.17, 15) is 4.79 Å². The second-order valence-corrected chi connectivity index (χ2v) is 5.59. The summed E-state index contributed by atoms with van der Waals surface area (Å²) in [7, 11) is 0. The van der Waals surface area contributed by atoms with E-state index in [-0.39, 0.29) is 12.5 Å². The summed E-state index contributed by atoms with van der Waals surface area (Å²) < 4.78 is 13.8. The van der Waals surface area contributed by atoms with Crippen LogP contribution in [0, 0.1) is 6.92 Å².